The van der Waals surface area contributed by atoms with Crippen molar-refractivity contribution in [3.63, 3.8) is 0 Å². The molecule has 0 aliphatic heterocycles. The standard InChI is InChI=1S/C18H30N2O/c1-2-21-18-11-7-8-16(14-18)15-20(13-12-19)17-9-5-3-4-6-10-17/h7-8,11,14,17H,2-6,9-10,12-13,15,19H2,1H3. The molecule has 0 spiro atoms. The van der Waals surface area contributed by atoms with Crippen LogP contribution in [0, 0.1) is 0 Å². The fourth-order valence-corrected chi connectivity index (χ4v) is 3.31. The van der Waals surface area contributed by atoms with Gasteiger partial charge in [0.1, 0.15) is 5.75 Å². The first kappa shape index (κ1) is 16.3. The van der Waals surface area contributed by atoms with Crippen LogP contribution in [0.3, 0.4) is 0 Å². The van der Waals surface area contributed by atoms with Crippen molar-refractivity contribution in [3.8, 4) is 5.75 Å². The molecule has 1 aliphatic rings. The van der Waals surface area contributed by atoms with Crippen LogP contribution in [0.2, 0.25) is 0 Å². The molecule has 2 rings (SSSR count). The van der Waals surface area contributed by atoms with Crippen molar-refractivity contribution in [3.05, 3.63) is 29.8 Å². The van der Waals surface area contributed by atoms with Gasteiger partial charge in [0, 0.05) is 25.7 Å². The van der Waals surface area contributed by atoms with Gasteiger partial charge < -0.3 is 10.5 Å². The third kappa shape index (κ3) is 5.33. The van der Waals surface area contributed by atoms with Crippen LogP contribution in [-0.2, 0) is 6.54 Å². The van der Waals surface area contributed by atoms with E-state index in [1.165, 1.54) is 44.1 Å². The first-order chi connectivity index (χ1) is 10.3. The zero-order valence-electron chi connectivity index (χ0n) is 13.4. The molecule has 0 unspecified atom stereocenters. The van der Waals surface area contributed by atoms with Crippen molar-refractivity contribution in [2.24, 2.45) is 5.73 Å². The highest BCUT2D eigenvalue weighted by Crippen LogP contribution is 2.24. The van der Waals surface area contributed by atoms with Gasteiger partial charge in [0.15, 0.2) is 0 Å². The highest BCUT2D eigenvalue weighted by molar-refractivity contribution is 5.28. The van der Waals surface area contributed by atoms with Gasteiger partial charge in [-0.1, -0.05) is 37.8 Å². The van der Waals surface area contributed by atoms with Crippen LogP contribution < -0.4 is 10.5 Å². The molecular formula is C18H30N2O. The number of hydrogen-bond acceptors (Lipinski definition) is 3. The molecule has 0 heterocycles. The smallest absolute Gasteiger partial charge is 0.119 e. The molecule has 3 nitrogen and oxygen atoms in total. The third-order valence-corrected chi connectivity index (χ3v) is 4.35. The summed E-state index contributed by atoms with van der Waals surface area (Å²) >= 11 is 0. The number of benzene rings is 1. The highest BCUT2D eigenvalue weighted by atomic mass is 16.5. The number of hydrogen-bond donors (Lipinski definition) is 1. The molecule has 0 atom stereocenters. The Morgan fingerprint density at radius 3 is 2.62 bits per heavy atom. The molecule has 3 heteroatoms. The van der Waals surface area contributed by atoms with E-state index in [9.17, 15) is 0 Å². The zero-order valence-corrected chi connectivity index (χ0v) is 13.4. The molecule has 0 radical (unpaired) electrons. The van der Waals surface area contributed by atoms with Crippen LogP contribution in [0.4, 0.5) is 0 Å². The number of nitrogens with two attached hydrogens (primary N) is 1. The summed E-state index contributed by atoms with van der Waals surface area (Å²) in [6, 6.07) is 9.19. The Kier molecular flexibility index (Phi) is 7.04. The SMILES string of the molecule is CCOc1cccc(CN(CCN)C2CCCCCC2)c1. The minimum Gasteiger partial charge on any atom is -0.494 e. The lowest BCUT2D eigenvalue weighted by molar-refractivity contribution is 0.175. The van der Waals surface area contributed by atoms with Crippen LogP contribution in [0.15, 0.2) is 24.3 Å². The Labute approximate surface area is 129 Å². The van der Waals surface area contributed by atoms with E-state index in [2.05, 4.69) is 23.1 Å². The Hall–Kier alpha value is -1.06. The lowest BCUT2D eigenvalue weighted by atomic mass is 10.1. The molecule has 1 aliphatic carbocycles. The van der Waals surface area contributed by atoms with Gasteiger partial charge in [-0.15, -0.1) is 0 Å². The van der Waals surface area contributed by atoms with Crippen molar-refractivity contribution < 1.29 is 4.74 Å². The van der Waals surface area contributed by atoms with Crippen molar-refractivity contribution in [1.29, 1.82) is 0 Å². The summed E-state index contributed by atoms with van der Waals surface area (Å²) in [5.74, 6) is 0.976. The minimum atomic E-state index is 0.701. The third-order valence-electron chi connectivity index (χ3n) is 4.35. The fraction of sp³-hybridized carbons (Fsp3) is 0.667. The normalized spacial score (nSPS) is 16.9. The van der Waals surface area contributed by atoms with Crippen molar-refractivity contribution in [1.82, 2.24) is 4.90 Å². The quantitative estimate of drug-likeness (QED) is 0.780. The van der Waals surface area contributed by atoms with Gasteiger partial charge in [-0.05, 0) is 37.5 Å². The maximum atomic E-state index is 5.84. The molecule has 1 saturated carbocycles. The summed E-state index contributed by atoms with van der Waals surface area (Å²) in [6.07, 6.45) is 8.17. The van der Waals surface area contributed by atoms with E-state index in [0.29, 0.717) is 6.04 Å². The molecule has 0 aromatic heterocycles. The lowest BCUT2D eigenvalue weighted by Gasteiger charge is -2.31. The summed E-state index contributed by atoms with van der Waals surface area (Å²) in [4.78, 5) is 2.58. The molecule has 2 N–H and O–H groups in total. The number of nitrogens with zero attached hydrogens (tertiary/aromatic N) is 1. The van der Waals surface area contributed by atoms with Crippen molar-refractivity contribution in [2.75, 3.05) is 19.7 Å². The zero-order chi connectivity index (χ0) is 14.9. The van der Waals surface area contributed by atoms with E-state index in [1.54, 1.807) is 0 Å². The lowest BCUT2D eigenvalue weighted by Crippen LogP contribution is -2.38. The molecule has 0 bridgehead atoms. The van der Waals surface area contributed by atoms with E-state index in [0.717, 1.165) is 32.0 Å². The van der Waals surface area contributed by atoms with Gasteiger partial charge >= 0.3 is 0 Å². The average Bonchev–Trinajstić information content (AvgIpc) is 2.77. The predicted octanol–water partition coefficient (Wildman–Crippen LogP) is 3.57. The first-order valence-corrected chi connectivity index (χ1v) is 8.49. The second kappa shape index (κ2) is 9.06. The van der Waals surface area contributed by atoms with E-state index >= 15 is 0 Å². The fourth-order valence-electron chi connectivity index (χ4n) is 3.31. The first-order valence-electron chi connectivity index (χ1n) is 8.49. The topological polar surface area (TPSA) is 38.5 Å². The Bertz CT molecular complexity index is 400. The number of rotatable bonds is 7. The maximum Gasteiger partial charge on any atom is 0.119 e. The number of ether oxygens (including phenoxy) is 1. The largest absolute Gasteiger partial charge is 0.494 e. The highest BCUT2D eigenvalue weighted by Gasteiger charge is 2.19. The van der Waals surface area contributed by atoms with Crippen molar-refractivity contribution >= 4 is 0 Å². The van der Waals surface area contributed by atoms with Gasteiger partial charge in [-0.3, -0.25) is 4.90 Å². The van der Waals surface area contributed by atoms with E-state index in [1.807, 2.05) is 13.0 Å². The van der Waals surface area contributed by atoms with Gasteiger partial charge in [0.25, 0.3) is 0 Å². The molecule has 0 saturated heterocycles. The second-order valence-corrected chi connectivity index (χ2v) is 5.98. The Morgan fingerprint density at radius 1 is 1.19 bits per heavy atom. The van der Waals surface area contributed by atoms with Gasteiger partial charge in [0.2, 0.25) is 0 Å². The Balaban J connectivity index is 2.02. The average molecular weight is 290 g/mol. The second-order valence-electron chi connectivity index (χ2n) is 5.98. The summed E-state index contributed by atoms with van der Waals surface area (Å²) in [5, 5.41) is 0. The van der Waals surface area contributed by atoms with Crippen LogP contribution in [0.1, 0.15) is 51.0 Å². The molecule has 1 fully saturated rings. The van der Waals surface area contributed by atoms with Crippen LogP contribution >= 0.6 is 0 Å². The van der Waals surface area contributed by atoms with Gasteiger partial charge in [0.05, 0.1) is 6.61 Å². The summed E-state index contributed by atoms with van der Waals surface area (Å²) in [5.41, 5.74) is 7.17. The van der Waals surface area contributed by atoms with Gasteiger partial charge in [-0.2, -0.15) is 0 Å². The molecule has 1 aromatic carbocycles. The molecule has 0 amide bonds. The molecule has 21 heavy (non-hydrogen) atoms. The summed E-state index contributed by atoms with van der Waals surface area (Å²) in [7, 11) is 0. The molecule has 1 aromatic rings. The van der Waals surface area contributed by atoms with E-state index < -0.39 is 0 Å². The monoisotopic (exact) mass is 290 g/mol. The summed E-state index contributed by atoms with van der Waals surface area (Å²) in [6.45, 7) is 5.46. The van der Waals surface area contributed by atoms with Crippen LogP contribution in [-0.4, -0.2) is 30.6 Å². The predicted molar refractivity (Wildman–Crippen MR) is 88.6 cm³/mol. The minimum absolute atomic E-state index is 0.701. The Morgan fingerprint density at radius 2 is 1.95 bits per heavy atom. The van der Waals surface area contributed by atoms with Crippen molar-refractivity contribution in [2.45, 2.75) is 58.0 Å². The summed E-state index contributed by atoms with van der Waals surface area (Å²) < 4.78 is 5.61. The molecular weight excluding hydrogens is 260 g/mol. The van der Waals surface area contributed by atoms with E-state index in [4.69, 9.17) is 10.5 Å². The van der Waals surface area contributed by atoms with Crippen LogP contribution in [0.25, 0.3) is 0 Å². The molecule has 118 valence electrons. The van der Waals surface area contributed by atoms with E-state index in [-0.39, 0.29) is 0 Å². The van der Waals surface area contributed by atoms with Gasteiger partial charge in [-0.25, -0.2) is 0 Å². The van der Waals surface area contributed by atoms with Crippen LogP contribution in [0.5, 0.6) is 5.75 Å². The maximum absolute atomic E-state index is 5.84.